The first-order valence-corrected chi connectivity index (χ1v) is 7.00. The van der Waals surface area contributed by atoms with Crippen LogP contribution < -0.4 is 0 Å². The zero-order valence-electron chi connectivity index (χ0n) is 11.3. The molecular formula is C15H22O3. The monoisotopic (exact) mass is 250 g/mol. The molecule has 0 bridgehead atoms. The van der Waals surface area contributed by atoms with Gasteiger partial charge in [-0.1, -0.05) is 25.5 Å². The maximum Gasteiger partial charge on any atom is 0.309 e. The summed E-state index contributed by atoms with van der Waals surface area (Å²) in [6.45, 7) is 6.26. The van der Waals surface area contributed by atoms with Gasteiger partial charge >= 0.3 is 5.97 Å². The number of aliphatic hydroxyl groups excluding tert-OH is 1. The molecule has 18 heavy (non-hydrogen) atoms. The van der Waals surface area contributed by atoms with Gasteiger partial charge in [0.2, 0.25) is 0 Å². The molecule has 6 atom stereocenters. The zero-order valence-corrected chi connectivity index (χ0v) is 11.3. The van der Waals surface area contributed by atoms with Crippen LogP contribution >= 0.6 is 0 Å². The molecule has 0 radical (unpaired) electrons. The molecule has 0 aromatic rings. The minimum atomic E-state index is -0.304. The molecule has 2 fully saturated rings. The van der Waals surface area contributed by atoms with Crippen molar-refractivity contribution in [2.45, 2.75) is 52.2 Å². The van der Waals surface area contributed by atoms with Gasteiger partial charge < -0.3 is 9.84 Å². The summed E-state index contributed by atoms with van der Waals surface area (Å²) in [6, 6.07) is 0. The molecule has 0 spiro atoms. The molecule has 0 unspecified atom stereocenters. The van der Waals surface area contributed by atoms with Crippen molar-refractivity contribution in [1.82, 2.24) is 0 Å². The highest BCUT2D eigenvalue weighted by Crippen LogP contribution is 2.56. The molecule has 0 aromatic carbocycles. The van der Waals surface area contributed by atoms with Crippen LogP contribution in [0.2, 0.25) is 0 Å². The normalized spacial score (nSPS) is 51.2. The number of carbonyl (C=O) groups is 1. The van der Waals surface area contributed by atoms with Crippen molar-refractivity contribution in [2.75, 3.05) is 0 Å². The number of fused-ring (bicyclic) bond motifs is 3. The number of aliphatic hydroxyl groups is 1. The van der Waals surface area contributed by atoms with Crippen LogP contribution in [0.3, 0.4) is 0 Å². The molecule has 3 rings (SSSR count). The van der Waals surface area contributed by atoms with Gasteiger partial charge in [-0.05, 0) is 26.2 Å². The number of ether oxygens (including phenoxy) is 1. The number of hydrogen-bond donors (Lipinski definition) is 1. The third-order valence-electron chi connectivity index (χ3n) is 5.66. The molecular weight excluding hydrogens is 228 g/mol. The van der Waals surface area contributed by atoms with Gasteiger partial charge in [-0.3, -0.25) is 4.79 Å². The standard InChI is InChI=1S/C15H22O3/c1-8-4-5-11(16)15(3)7-6-10-9(2)14(17)18-13(10)12(8)15/h4,9-13,16H,5-7H2,1-3H3/t9-,10-,11+,12-,13+,15-/m0/s1. The van der Waals surface area contributed by atoms with Crippen molar-refractivity contribution in [1.29, 1.82) is 0 Å². The molecule has 1 aliphatic heterocycles. The Bertz CT molecular complexity index is 414. The van der Waals surface area contributed by atoms with Gasteiger partial charge in [-0.25, -0.2) is 0 Å². The van der Waals surface area contributed by atoms with Gasteiger partial charge in [0, 0.05) is 17.3 Å². The first-order chi connectivity index (χ1) is 8.45. The van der Waals surface area contributed by atoms with E-state index in [-0.39, 0.29) is 35.4 Å². The first kappa shape index (κ1) is 12.2. The lowest BCUT2D eigenvalue weighted by atomic mass is 9.55. The lowest BCUT2D eigenvalue weighted by molar-refractivity contribution is -0.151. The number of esters is 1. The SMILES string of the molecule is CC1=CC[C@@H](O)[C@]2(C)CC[C@@H]3[C@@H](OC(=O)[C@H]3C)[C@H]12. The second-order valence-electron chi connectivity index (χ2n) is 6.58. The average molecular weight is 250 g/mol. The molecule has 1 heterocycles. The van der Waals surface area contributed by atoms with Gasteiger partial charge in [0.25, 0.3) is 0 Å². The highest BCUT2D eigenvalue weighted by molar-refractivity contribution is 5.75. The lowest BCUT2D eigenvalue weighted by Gasteiger charge is -2.51. The minimum Gasteiger partial charge on any atom is -0.461 e. The number of hydrogen-bond acceptors (Lipinski definition) is 3. The predicted octanol–water partition coefficient (Wildman–Crippen LogP) is 2.29. The predicted molar refractivity (Wildman–Crippen MR) is 67.7 cm³/mol. The zero-order chi connectivity index (χ0) is 13.1. The summed E-state index contributed by atoms with van der Waals surface area (Å²) in [4.78, 5) is 11.8. The summed E-state index contributed by atoms with van der Waals surface area (Å²) in [5.74, 6) is 0.506. The average Bonchev–Trinajstić information content (AvgIpc) is 2.60. The van der Waals surface area contributed by atoms with Crippen molar-refractivity contribution < 1.29 is 14.6 Å². The van der Waals surface area contributed by atoms with Crippen LogP contribution in [0.15, 0.2) is 11.6 Å². The highest BCUT2D eigenvalue weighted by atomic mass is 16.6. The van der Waals surface area contributed by atoms with E-state index in [1.807, 2.05) is 6.92 Å². The third-order valence-corrected chi connectivity index (χ3v) is 5.66. The first-order valence-electron chi connectivity index (χ1n) is 7.00. The van der Waals surface area contributed by atoms with Crippen LogP contribution in [0.4, 0.5) is 0 Å². The Morgan fingerprint density at radius 1 is 1.50 bits per heavy atom. The van der Waals surface area contributed by atoms with Gasteiger partial charge in [0.05, 0.1) is 12.0 Å². The van der Waals surface area contributed by atoms with Crippen LogP contribution in [0.5, 0.6) is 0 Å². The smallest absolute Gasteiger partial charge is 0.309 e. The van der Waals surface area contributed by atoms with E-state index in [1.165, 1.54) is 5.57 Å². The van der Waals surface area contributed by atoms with E-state index in [2.05, 4.69) is 19.9 Å². The maximum atomic E-state index is 11.8. The Morgan fingerprint density at radius 2 is 2.22 bits per heavy atom. The molecule has 3 heteroatoms. The summed E-state index contributed by atoms with van der Waals surface area (Å²) in [7, 11) is 0. The van der Waals surface area contributed by atoms with Gasteiger partial charge in [-0.15, -0.1) is 0 Å². The molecule has 2 aliphatic carbocycles. The number of carbonyl (C=O) groups excluding carboxylic acids is 1. The topological polar surface area (TPSA) is 46.5 Å². The van der Waals surface area contributed by atoms with Crippen LogP contribution in [-0.2, 0) is 9.53 Å². The van der Waals surface area contributed by atoms with Crippen molar-refractivity contribution >= 4 is 5.97 Å². The number of rotatable bonds is 0. The van der Waals surface area contributed by atoms with E-state index in [9.17, 15) is 9.90 Å². The van der Waals surface area contributed by atoms with Crippen molar-refractivity contribution in [3.05, 3.63) is 11.6 Å². The van der Waals surface area contributed by atoms with E-state index < -0.39 is 0 Å². The summed E-state index contributed by atoms with van der Waals surface area (Å²) < 4.78 is 5.64. The second-order valence-corrected chi connectivity index (χ2v) is 6.58. The third kappa shape index (κ3) is 1.43. The van der Waals surface area contributed by atoms with Crippen LogP contribution in [0.25, 0.3) is 0 Å². The largest absolute Gasteiger partial charge is 0.461 e. The van der Waals surface area contributed by atoms with E-state index in [1.54, 1.807) is 0 Å². The summed E-state index contributed by atoms with van der Waals surface area (Å²) in [5.41, 5.74) is 1.17. The molecule has 3 nitrogen and oxygen atoms in total. The second kappa shape index (κ2) is 3.83. The van der Waals surface area contributed by atoms with Crippen molar-refractivity contribution in [2.24, 2.45) is 23.2 Å². The van der Waals surface area contributed by atoms with Crippen LogP contribution in [0, 0.1) is 23.2 Å². The van der Waals surface area contributed by atoms with Gasteiger partial charge in [0.1, 0.15) is 6.10 Å². The summed E-state index contributed by atoms with van der Waals surface area (Å²) in [5, 5.41) is 10.3. The molecule has 0 aromatic heterocycles. The molecule has 1 saturated carbocycles. The van der Waals surface area contributed by atoms with E-state index in [0.29, 0.717) is 5.92 Å². The molecule has 100 valence electrons. The Labute approximate surface area is 108 Å². The fourth-order valence-electron chi connectivity index (χ4n) is 4.37. The fourth-order valence-corrected chi connectivity index (χ4v) is 4.37. The van der Waals surface area contributed by atoms with Gasteiger partial charge in [0.15, 0.2) is 0 Å². The molecule has 1 N–H and O–H groups in total. The van der Waals surface area contributed by atoms with Crippen LogP contribution in [-0.4, -0.2) is 23.3 Å². The Hall–Kier alpha value is -0.830. The van der Waals surface area contributed by atoms with E-state index >= 15 is 0 Å². The Balaban J connectivity index is 2.00. The summed E-state index contributed by atoms with van der Waals surface area (Å²) in [6.07, 6.45) is 4.52. The van der Waals surface area contributed by atoms with E-state index in [4.69, 9.17) is 4.74 Å². The molecule has 1 saturated heterocycles. The Morgan fingerprint density at radius 3 is 2.94 bits per heavy atom. The van der Waals surface area contributed by atoms with Crippen molar-refractivity contribution in [3.8, 4) is 0 Å². The Kier molecular flexibility index (Phi) is 2.60. The fraction of sp³-hybridized carbons (Fsp3) is 0.800. The molecule has 0 amide bonds. The van der Waals surface area contributed by atoms with Crippen molar-refractivity contribution in [3.63, 3.8) is 0 Å². The maximum absolute atomic E-state index is 11.8. The summed E-state index contributed by atoms with van der Waals surface area (Å²) >= 11 is 0. The minimum absolute atomic E-state index is 0.0163. The van der Waals surface area contributed by atoms with E-state index in [0.717, 1.165) is 19.3 Å². The molecule has 3 aliphatic rings. The highest BCUT2D eigenvalue weighted by Gasteiger charge is 2.58. The van der Waals surface area contributed by atoms with Gasteiger partial charge in [-0.2, -0.15) is 0 Å². The lowest BCUT2D eigenvalue weighted by Crippen LogP contribution is -2.52. The quantitative estimate of drug-likeness (QED) is 0.530. The van der Waals surface area contributed by atoms with Crippen LogP contribution in [0.1, 0.15) is 40.0 Å².